The average Bonchev–Trinajstić information content (AvgIpc) is 2.66. The molecule has 0 spiro atoms. The van der Waals surface area contributed by atoms with E-state index in [9.17, 15) is 35.9 Å². The maximum absolute atomic E-state index is 13.5. The zero-order valence-corrected chi connectivity index (χ0v) is 15.8. The number of allylic oxidation sites excluding steroid dienone is 1. The lowest BCUT2D eigenvalue weighted by Crippen LogP contribution is -2.46. The number of urea groups is 1. The highest BCUT2D eigenvalue weighted by Gasteiger charge is 2.39. The number of amides is 3. The standard InChI is InChI=1S/C20H15F6N3O2/c1-10-15(17(30)28-12-6-4-5-11(9-12)19(21,22)23)16(29-18(31)27-10)13-7-2-3-8-14(13)20(24,25)26/h2-9,16H,1H3,(H,28,30)(H2,27,29,31)/t16-/m0/s1. The monoisotopic (exact) mass is 443 g/mol. The fourth-order valence-corrected chi connectivity index (χ4v) is 3.21. The first kappa shape index (κ1) is 22.2. The quantitative estimate of drug-likeness (QED) is 0.585. The highest BCUT2D eigenvalue weighted by molar-refractivity contribution is 6.06. The third kappa shape index (κ3) is 4.81. The van der Waals surface area contributed by atoms with Gasteiger partial charge in [-0.2, -0.15) is 26.3 Å². The molecule has 1 heterocycles. The number of alkyl halides is 6. The molecule has 3 N–H and O–H groups in total. The Labute approximate surface area is 172 Å². The van der Waals surface area contributed by atoms with Gasteiger partial charge < -0.3 is 16.0 Å². The molecule has 31 heavy (non-hydrogen) atoms. The van der Waals surface area contributed by atoms with Gasteiger partial charge in [0, 0.05) is 11.4 Å². The van der Waals surface area contributed by atoms with Crippen LogP contribution in [0.2, 0.25) is 0 Å². The number of benzene rings is 2. The molecule has 0 aliphatic carbocycles. The largest absolute Gasteiger partial charge is 0.416 e. The van der Waals surface area contributed by atoms with Crippen LogP contribution in [0.25, 0.3) is 0 Å². The van der Waals surface area contributed by atoms with Crippen LogP contribution in [0.3, 0.4) is 0 Å². The van der Waals surface area contributed by atoms with E-state index in [1.54, 1.807) is 0 Å². The van der Waals surface area contributed by atoms with Crippen LogP contribution in [0, 0.1) is 0 Å². The molecule has 3 rings (SSSR count). The summed E-state index contributed by atoms with van der Waals surface area (Å²) in [6.07, 6.45) is -9.41. The number of hydrogen-bond acceptors (Lipinski definition) is 2. The lowest BCUT2D eigenvalue weighted by atomic mass is 9.91. The van der Waals surface area contributed by atoms with Gasteiger partial charge >= 0.3 is 18.4 Å². The Morgan fingerprint density at radius 3 is 2.29 bits per heavy atom. The summed E-state index contributed by atoms with van der Waals surface area (Å²) >= 11 is 0. The maximum atomic E-state index is 13.5. The predicted molar refractivity (Wildman–Crippen MR) is 98.6 cm³/mol. The van der Waals surface area contributed by atoms with Gasteiger partial charge in [0.25, 0.3) is 5.91 Å². The number of hydrogen-bond donors (Lipinski definition) is 3. The summed E-state index contributed by atoms with van der Waals surface area (Å²) in [7, 11) is 0. The molecule has 0 fully saturated rings. The van der Waals surface area contributed by atoms with E-state index >= 15 is 0 Å². The average molecular weight is 443 g/mol. The summed E-state index contributed by atoms with van der Waals surface area (Å²) < 4.78 is 79.2. The number of carbonyl (C=O) groups excluding carboxylic acids is 2. The molecule has 3 amide bonds. The second kappa shape index (κ2) is 7.97. The third-order valence-electron chi connectivity index (χ3n) is 4.54. The first-order valence-electron chi connectivity index (χ1n) is 8.81. The molecule has 2 aromatic carbocycles. The molecule has 0 aromatic heterocycles. The van der Waals surface area contributed by atoms with Crippen LogP contribution in [0.5, 0.6) is 0 Å². The van der Waals surface area contributed by atoms with Gasteiger partial charge in [0.15, 0.2) is 0 Å². The third-order valence-corrected chi connectivity index (χ3v) is 4.54. The van der Waals surface area contributed by atoms with E-state index in [0.717, 1.165) is 30.3 Å². The van der Waals surface area contributed by atoms with E-state index in [4.69, 9.17) is 0 Å². The van der Waals surface area contributed by atoms with Gasteiger partial charge in [0.05, 0.1) is 22.7 Å². The van der Waals surface area contributed by atoms with E-state index in [1.807, 2.05) is 0 Å². The summed E-state index contributed by atoms with van der Waals surface area (Å²) in [4.78, 5) is 24.8. The lowest BCUT2D eigenvalue weighted by molar-refractivity contribution is -0.138. The van der Waals surface area contributed by atoms with Gasteiger partial charge in [0.2, 0.25) is 0 Å². The maximum Gasteiger partial charge on any atom is 0.416 e. The van der Waals surface area contributed by atoms with Crippen molar-refractivity contribution in [2.75, 3.05) is 5.32 Å². The zero-order chi connectivity index (χ0) is 23.0. The number of halogens is 6. The topological polar surface area (TPSA) is 70.2 Å². The Morgan fingerprint density at radius 1 is 0.968 bits per heavy atom. The van der Waals surface area contributed by atoms with Crippen molar-refractivity contribution >= 4 is 17.6 Å². The Bertz CT molecular complexity index is 1060. The fourth-order valence-electron chi connectivity index (χ4n) is 3.21. The highest BCUT2D eigenvalue weighted by Crippen LogP contribution is 2.38. The minimum absolute atomic E-state index is 0.0322. The summed E-state index contributed by atoms with van der Waals surface area (Å²) in [6, 6.07) is 5.89. The molecule has 11 heteroatoms. The number of carbonyl (C=O) groups is 2. The van der Waals surface area contributed by atoms with Crippen molar-refractivity contribution in [1.29, 1.82) is 0 Å². The van der Waals surface area contributed by atoms with Gasteiger partial charge in [-0.05, 0) is 36.8 Å². The van der Waals surface area contributed by atoms with Crippen LogP contribution in [-0.2, 0) is 17.1 Å². The van der Waals surface area contributed by atoms with Gasteiger partial charge in [-0.25, -0.2) is 4.79 Å². The summed E-state index contributed by atoms with van der Waals surface area (Å²) in [6.45, 7) is 1.31. The molecule has 1 atom stereocenters. The smallest absolute Gasteiger partial charge is 0.327 e. The first-order valence-corrected chi connectivity index (χ1v) is 8.81. The van der Waals surface area contributed by atoms with Crippen LogP contribution < -0.4 is 16.0 Å². The Kier molecular flexibility index (Phi) is 5.70. The molecule has 0 unspecified atom stereocenters. The molecule has 0 saturated carbocycles. The Morgan fingerprint density at radius 2 is 1.65 bits per heavy atom. The van der Waals surface area contributed by atoms with Crippen molar-refractivity contribution < 1.29 is 35.9 Å². The number of rotatable bonds is 3. The van der Waals surface area contributed by atoms with Gasteiger partial charge in [0.1, 0.15) is 0 Å². The number of anilines is 1. The minimum Gasteiger partial charge on any atom is -0.327 e. The van der Waals surface area contributed by atoms with Gasteiger partial charge in [-0.1, -0.05) is 24.3 Å². The molecule has 1 aliphatic rings. The lowest BCUT2D eigenvalue weighted by Gasteiger charge is -2.30. The molecule has 1 aliphatic heterocycles. The van der Waals surface area contributed by atoms with Crippen LogP contribution in [0.1, 0.15) is 29.7 Å². The van der Waals surface area contributed by atoms with Crippen LogP contribution in [0.15, 0.2) is 59.8 Å². The van der Waals surface area contributed by atoms with Crippen molar-refractivity contribution in [2.24, 2.45) is 0 Å². The summed E-state index contributed by atoms with van der Waals surface area (Å²) in [5.74, 6) is -0.966. The minimum atomic E-state index is -4.76. The highest BCUT2D eigenvalue weighted by atomic mass is 19.4. The Balaban J connectivity index is 2.01. The molecule has 0 radical (unpaired) electrons. The first-order chi connectivity index (χ1) is 14.4. The van der Waals surface area contributed by atoms with Crippen LogP contribution in [0.4, 0.5) is 36.8 Å². The second-order valence-corrected chi connectivity index (χ2v) is 6.69. The molecule has 0 bridgehead atoms. The van der Waals surface area contributed by atoms with Crippen molar-refractivity contribution in [3.8, 4) is 0 Å². The van der Waals surface area contributed by atoms with Crippen molar-refractivity contribution in [3.63, 3.8) is 0 Å². The summed E-state index contributed by atoms with van der Waals surface area (Å²) in [5, 5.41) is 6.83. The van der Waals surface area contributed by atoms with Gasteiger partial charge in [-0.15, -0.1) is 0 Å². The van der Waals surface area contributed by atoms with Crippen LogP contribution in [-0.4, -0.2) is 11.9 Å². The van der Waals surface area contributed by atoms with Crippen molar-refractivity contribution in [2.45, 2.75) is 25.3 Å². The van der Waals surface area contributed by atoms with Crippen molar-refractivity contribution in [1.82, 2.24) is 10.6 Å². The molecule has 0 saturated heterocycles. The molecule has 2 aromatic rings. The van der Waals surface area contributed by atoms with Gasteiger partial charge in [-0.3, -0.25) is 4.79 Å². The fraction of sp³-hybridized carbons (Fsp3) is 0.200. The van der Waals surface area contributed by atoms with E-state index < -0.39 is 41.5 Å². The normalized spacial score (nSPS) is 17.1. The van der Waals surface area contributed by atoms with E-state index in [1.165, 1.54) is 19.1 Å². The van der Waals surface area contributed by atoms with E-state index in [0.29, 0.717) is 6.07 Å². The molecular formula is C20H15F6N3O2. The van der Waals surface area contributed by atoms with E-state index in [-0.39, 0.29) is 22.5 Å². The van der Waals surface area contributed by atoms with Crippen LogP contribution >= 0.6 is 0 Å². The molecular weight excluding hydrogens is 428 g/mol. The SMILES string of the molecule is CC1=C(C(=O)Nc2cccc(C(F)(F)F)c2)[C@H](c2ccccc2C(F)(F)F)NC(=O)N1. The Hall–Kier alpha value is -3.50. The van der Waals surface area contributed by atoms with E-state index in [2.05, 4.69) is 16.0 Å². The molecule has 164 valence electrons. The summed E-state index contributed by atoms with van der Waals surface area (Å²) in [5.41, 5.74) is -2.95. The molecule has 5 nitrogen and oxygen atoms in total. The predicted octanol–water partition coefficient (Wildman–Crippen LogP) is 4.99. The second-order valence-electron chi connectivity index (χ2n) is 6.69. The number of nitrogens with one attached hydrogen (secondary N) is 3. The zero-order valence-electron chi connectivity index (χ0n) is 15.8. The van der Waals surface area contributed by atoms with Crippen molar-refractivity contribution in [3.05, 3.63) is 76.5 Å².